The van der Waals surface area contributed by atoms with E-state index in [0.29, 0.717) is 18.3 Å². The van der Waals surface area contributed by atoms with Crippen molar-refractivity contribution in [2.24, 2.45) is 0 Å². The molecule has 7 nitrogen and oxygen atoms in total. The Morgan fingerprint density at radius 3 is 2.26 bits per heavy atom. The predicted octanol–water partition coefficient (Wildman–Crippen LogP) is 4.72. The Morgan fingerprint density at radius 2 is 1.59 bits per heavy atom. The molecular weight excluding hydrogens is 449 g/mol. The van der Waals surface area contributed by atoms with Gasteiger partial charge < -0.3 is 20.7 Å². The van der Waals surface area contributed by atoms with Crippen LogP contribution in [-0.4, -0.2) is 44.1 Å². The van der Waals surface area contributed by atoms with Crippen LogP contribution >= 0.6 is 0 Å². The van der Waals surface area contributed by atoms with Gasteiger partial charge in [-0.15, -0.1) is 0 Å². The van der Waals surface area contributed by atoms with Crippen molar-refractivity contribution < 1.29 is 27.5 Å². The van der Waals surface area contributed by atoms with Crippen molar-refractivity contribution in [1.29, 1.82) is 0 Å². The van der Waals surface area contributed by atoms with Crippen molar-refractivity contribution in [3.8, 4) is 11.1 Å². The number of likely N-dealkylation sites (N-methyl/N-ethyl adjacent to an activating group) is 1. The fourth-order valence-electron chi connectivity index (χ4n) is 2.95. The largest absolute Gasteiger partial charge is 0.448 e. The van der Waals surface area contributed by atoms with E-state index in [-0.39, 0.29) is 34.7 Å². The highest BCUT2D eigenvalue weighted by Gasteiger charge is 2.15. The molecule has 0 aromatic heterocycles. The monoisotopic (exact) mass is 472 g/mol. The van der Waals surface area contributed by atoms with E-state index < -0.39 is 29.5 Å². The maximum absolute atomic E-state index is 14.1. The standard InChI is InChI=1S/C24H23F3N4O3/c1-31(2)9-10-34-24(33)29-16-6-3-14(4-7-16)23(32)30-22-11-15(5-8-21(22)28)17-12-19(26)20(27)13-18(17)25/h3-8,11-13H,9-10,28H2,1-2H3,(H,29,33)(H,30,32). The van der Waals surface area contributed by atoms with Gasteiger partial charge >= 0.3 is 6.09 Å². The highest BCUT2D eigenvalue weighted by Crippen LogP contribution is 2.30. The molecule has 0 aliphatic rings. The van der Waals surface area contributed by atoms with E-state index in [2.05, 4.69) is 10.6 Å². The molecular formula is C24H23F3N4O3. The third kappa shape index (κ3) is 6.26. The Morgan fingerprint density at radius 1 is 0.912 bits per heavy atom. The Kier molecular flexibility index (Phi) is 7.75. The molecule has 0 fully saturated rings. The van der Waals surface area contributed by atoms with Crippen LogP contribution in [0.4, 0.5) is 35.0 Å². The fourth-order valence-corrected chi connectivity index (χ4v) is 2.95. The minimum absolute atomic E-state index is 0.165. The first kappa shape index (κ1) is 24.6. The first-order chi connectivity index (χ1) is 16.1. The summed E-state index contributed by atoms with van der Waals surface area (Å²) in [6.07, 6.45) is -0.617. The van der Waals surface area contributed by atoms with Crippen LogP contribution < -0.4 is 16.4 Å². The van der Waals surface area contributed by atoms with E-state index in [9.17, 15) is 22.8 Å². The number of amides is 2. The minimum Gasteiger partial charge on any atom is -0.448 e. The number of nitrogen functional groups attached to an aromatic ring is 1. The molecule has 34 heavy (non-hydrogen) atoms. The quantitative estimate of drug-likeness (QED) is 0.342. The van der Waals surface area contributed by atoms with Gasteiger partial charge in [0, 0.05) is 29.4 Å². The zero-order valence-electron chi connectivity index (χ0n) is 18.5. The zero-order chi connectivity index (χ0) is 24.8. The lowest BCUT2D eigenvalue weighted by molar-refractivity contribution is 0.102. The fraction of sp³-hybridized carbons (Fsp3) is 0.167. The van der Waals surface area contributed by atoms with Crippen LogP contribution in [0, 0.1) is 17.5 Å². The Labute approximate surface area is 194 Å². The number of anilines is 3. The summed E-state index contributed by atoms with van der Waals surface area (Å²) in [5, 5.41) is 5.17. The molecule has 178 valence electrons. The summed E-state index contributed by atoms with van der Waals surface area (Å²) in [5.41, 5.74) is 6.99. The number of benzene rings is 3. The number of hydrogen-bond donors (Lipinski definition) is 3. The van der Waals surface area contributed by atoms with Crippen molar-refractivity contribution >= 4 is 29.1 Å². The van der Waals surface area contributed by atoms with Crippen LogP contribution in [0.3, 0.4) is 0 Å². The van der Waals surface area contributed by atoms with Crippen LogP contribution in [0.15, 0.2) is 54.6 Å². The van der Waals surface area contributed by atoms with Gasteiger partial charge in [-0.2, -0.15) is 0 Å². The summed E-state index contributed by atoms with van der Waals surface area (Å²) in [7, 11) is 3.71. The SMILES string of the molecule is CN(C)CCOC(=O)Nc1ccc(C(=O)Nc2cc(-c3cc(F)c(F)cc3F)ccc2N)cc1. The summed E-state index contributed by atoms with van der Waals surface area (Å²) in [6, 6.07) is 11.4. The average Bonchev–Trinajstić information content (AvgIpc) is 2.78. The Balaban J connectivity index is 1.69. The van der Waals surface area contributed by atoms with Crippen LogP contribution in [0.25, 0.3) is 11.1 Å². The molecule has 0 saturated carbocycles. The Hall–Kier alpha value is -4.05. The molecule has 0 radical (unpaired) electrons. The molecule has 0 spiro atoms. The normalized spacial score (nSPS) is 10.8. The van der Waals surface area contributed by atoms with E-state index in [1.165, 1.54) is 42.5 Å². The predicted molar refractivity (Wildman–Crippen MR) is 124 cm³/mol. The van der Waals surface area contributed by atoms with Crippen LogP contribution in [0.2, 0.25) is 0 Å². The molecule has 2 amide bonds. The molecule has 0 saturated heterocycles. The van der Waals surface area contributed by atoms with E-state index in [1.807, 2.05) is 19.0 Å². The zero-order valence-corrected chi connectivity index (χ0v) is 18.5. The van der Waals surface area contributed by atoms with Gasteiger partial charge in [-0.1, -0.05) is 6.07 Å². The molecule has 3 rings (SSSR count). The minimum atomic E-state index is -1.30. The molecule has 0 aliphatic heterocycles. The van der Waals surface area contributed by atoms with Crippen molar-refractivity contribution in [3.05, 3.63) is 77.6 Å². The second kappa shape index (κ2) is 10.7. The van der Waals surface area contributed by atoms with Gasteiger partial charge in [-0.05, 0) is 62.1 Å². The summed E-state index contributed by atoms with van der Waals surface area (Å²) in [4.78, 5) is 26.3. The van der Waals surface area contributed by atoms with Crippen LogP contribution in [0.5, 0.6) is 0 Å². The summed E-state index contributed by atoms with van der Waals surface area (Å²) in [5.74, 6) is -3.97. The Bertz CT molecular complexity index is 1200. The van der Waals surface area contributed by atoms with E-state index in [1.54, 1.807) is 0 Å². The van der Waals surface area contributed by atoms with Gasteiger partial charge in [0.1, 0.15) is 12.4 Å². The molecule has 0 heterocycles. The number of rotatable bonds is 7. The molecule has 3 aromatic rings. The second-order valence-electron chi connectivity index (χ2n) is 7.64. The van der Waals surface area contributed by atoms with Gasteiger partial charge in [0.25, 0.3) is 5.91 Å². The van der Waals surface area contributed by atoms with Crippen molar-refractivity contribution in [2.75, 3.05) is 43.6 Å². The van der Waals surface area contributed by atoms with Crippen molar-refractivity contribution in [3.63, 3.8) is 0 Å². The molecule has 3 aromatic carbocycles. The number of halogens is 3. The topological polar surface area (TPSA) is 96.7 Å². The van der Waals surface area contributed by atoms with Crippen molar-refractivity contribution in [2.45, 2.75) is 0 Å². The molecule has 0 unspecified atom stereocenters. The summed E-state index contributed by atoms with van der Waals surface area (Å²) < 4.78 is 46.0. The van der Waals surface area contributed by atoms with Gasteiger partial charge in [0.05, 0.1) is 11.4 Å². The lowest BCUT2D eigenvalue weighted by Crippen LogP contribution is -2.22. The third-order valence-electron chi connectivity index (χ3n) is 4.79. The number of carbonyl (C=O) groups is 2. The van der Waals surface area contributed by atoms with Crippen LogP contribution in [-0.2, 0) is 4.74 Å². The molecule has 0 aliphatic carbocycles. The number of nitrogens with zero attached hydrogens (tertiary/aromatic N) is 1. The number of carbonyl (C=O) groups excluding carboxylic acids is 2. The second-order valence-corrected chi connectivity index (χ2v) is 7.64. The smallest absolute Gasteiger partial charge is 0.411 e. The number of nitrogens with one attached hydrogen (secondary N) is 2. The first-order valence-corrected chi connectivity index (χ1v) is 10.2. The first-order valence-electron chi connectivity index (χ1n) is 10.2. The highest BCUT2D eigenvalue weighted by molar-refractivity contribution is 6.06. The third-order valence-corrected chi connectivity index (χ3v) is 4.79. The van der Waals surface area contributed by atoms with E-state index in [0.717, 1.165) is 6.07 Å². The highest BCUT2D eigenvalue weighted by atomic mass is 19.2. The number of hydrogen-bond acceptors (Lipinski definition) is 5. The maximum Gasteiger partial charge on any atom is 0.411 e. The molecule has 4 N–H and O–H groups in total. The molecule has 10 heteroatoms. The summed E-state index contributed by atoms with van der Waals surface area (Å²) in [6.45, 7) is 0.813. The molecule has 0 atom stereocenters. The van der Waals surface area contributed by atoms with E-state index in [4.69, 9.17) is 10.5 Å². The summed E-state index contributed by atoms with van der Waals surface area (Å²) >= 11 is 0. The van der Waals surface area contributed by atoms with Gasteiger partial charge in [-0.25, -0.2) is 18.0 Å². The number of nitrogens with two attached hydrogens (primary N) is 1. The number of ether oxygens (including phenoxy) is 1. The van der Waals surface area contributed by atoms with E-state index >= 15 is 0 Å². The van der Waals surface area contributed by atoms with Crippen LogP contribution in [0.1, 0.15) is 10.4 Å². The lowest BCUT2D eigenvalue weighted by atomic mass is 10.0. The van der Waals surface area contributed by atoms with Crippen molar-refractivity contribution in [1.82, 2.24) is 4.90 Å². The van der Waals surface area contributed by atoms with Gasteiger partial charge in [-0.3, -0.25) is 10.1 Å². The average molecular weight is 472 g/mol. The van der Waals surface area contributed by atoms with Gasteiger partial charge in [0.15, 0.2) is 11.6 Å². The lowest BCUT2D eigenvalue weighted by Gasteiger charge is -2.12. The maximum atomic E-state index is 14.1. The molecule has 0 bridgehead atoms. The van der Waals surface area contributed by atoms with Gasteiger partial charge in [0.2, 0.25) is 0 Å².